The molecule has 1 aliphatic heterocycles. The number of aromatic nitrogens is 1. The van der Waals surface area contributed by atoms with Crippen LogP contribution in [-0.4, -0.2) is 41.3 Å². The maximum Gasteiger partial charge on any atom is 0.174 e. The summed E-state index contributed by atoms with van der Waals surface area (Å²) in [4.78, 5) is 6.73. The largest absolute Gasteiger partial charge is 0.409 e. The zero-order chi connectivity index (χ0) is 14.9. The Balaban J connectivity index is 2.49. The van der Waals surface area contributed by atoms with E-state index in [-0.39, 0.29) is 11.4 Å². The van der Waals surface area contributed by atoms with E-state index in [2.05, 4.69) is 15.0 Å². The van der Waals surface area contributed by atoms with Crippen molar-refractivity contribution in [3.63, 3.8) is 0 Å². The van der Waals surface area contributed by atoms with Gasteiger partial charge in [-0.25, -0.2) is 4.98 Å². The molecule has 2 heterocycles. The first-order valence-electron chi connectivity index (χ1n) is 6.69. The molecule has 0 aliphatic carbocycles. The zero-order valence-corrected chi connectivity index (χ0v) is 12.5. The summed E-state index contributed by atoms with van der Waals surface area (Å²) < 4.78 is 5.72. The molecule has 6 heteroatoms. The first-order chi connectivity index (χ1) is 9.34. The van der Waals surface area contributed by atoms with Crippen LogP contribution < -0.4 is 10.6 Å². The number of morpholine rings is 1. The van der Waals surface area contributed by atoms with Crippen molar-refractivity contribution in [3.8, 4) is 0 Å². The third kappa shape index (κ3) is 2.85. The van der Waals surface area contributed by atoms with Crippen LogP contribution in [0.4, 0.5) is 5.82 Å². The molecule has 1 saturated heterocycles. The Morgan fingerprint density at radius 2 is 2.20 bits per heavy atom. The second-order valence-corrected chi connectivity index (χ2v) is 5.79. The average molecular weight is 278 g/mol. The van der Waals surface area contributed by atoms with Gasteiger partial charge in [0.05, 0.1) is 17.8 Å². The highest BCUT2D eigenvalue weighted by Crippen LogP contribution is 2.27. The molecule has 0 saturated carbocycles. The topological polar surface area (TPSA) is 84.0 Å². The minimum Gasteiger partial charge on any atom is -0.409 e. The van der Waals surface area contributed by atoms with E-state index < -0.39 is 0 Å². The fourth-order valence-corrected chi connectivity index (χ4v) is 2.61. The molecule has 1 aromatic heterocycles. The van der Waals surface area contributed by atoms with E-state index in [4.69, 9.17) is 15.7 Å². The van der Waals surface area contributed by atoms with Crippen LogP contribution in [0.15, 0.2) is 11.2 Å². The van der Waals surface area contributed by atoms with Gasteiger partial charge in [-0.05, 0) is 39.3 Å². The van der Waals surface area contributed by atoms with Crippen molar-refractivity contribution in [1.82, 2.24) is 4.98 Å². The van der Waals surface area contributed by atoms with Crippen LogP contribution in [0.1, 0.15) is 30.7 Å². The van der Waals surface area contributed by atoms with Gasteiger partial charge in [0, 0.05) is 18.8 Å². The smallest absolute Gasteiger partial charge is 0.174 e. The van der Waals surface area contributed by atoms with Crippen molar-refractivity contribution in [1.29, 1.82) is 0 Å². The van der Waals surface area contributed by atoms with Gasteiger partial charge in [0.2, 0.25) is 0 Å². The first-order valence-corrected chi connectivity index (χ1v) is 6.69. The molecule has 0 radical (unpaired) electrons. The molecule has 3 N–H and O–H groups in total. The summed E-state index contributed by atoms with van der Waals surface area (Å²) in [5.74, 6) is 0.850. The highest BCUT2D eigenvalue weighted by Gasteiger charge is 2.30. The van der Waals surface area contributed by atoms with Gasteiger partial charge in [-0.1, -0.05) is 5.16 Å². The number of anilines is 1. The number of oxime groups is 1. The van der Waals surface area contributed by atoms with Crippen molar-refractivity contribution < 1.29 is 9.94 Å². The summed E-state index contributed by atoms with van der Waals surface area (Å²) in [5.41, 5.74) is 8.14. The van der Waals surface area contributed by atoms with Crippen LogP contribution in [0.2, 0.25) is 0 Å². The molecule has 6 nitrogen and oxygen atoms in total. The molecule has 0 amide bonds. The number of amidine groups is 1. The fraction of sp³-hybridized carbons (Fsp3) is 0.571. The first kappa shape index (κ1) is 14.6. The highest BCUT2D eigenvalue weighted by atomic mass is 16.5. The second-order valence-electron chi connectivity index (χ2n) is 5.79. The summed E-state index contributed by atoms with van der Waals surface area (Å²) >= 11 is 0. The van der Waals surface area contributed by atoms with Crippen molar-refractivity contribution in [2.24, 2.45) is 10.9 Å². The van der Waals surface area contributed by atoms with Gasteiger partial charge in [-0.3, -0.25) is 0 Å². The van der Waals surface area contributed by atoms with E-state index >= 15 is 0 Å². The number of nitrogens with two attached hydrogens (primary N) is 1. The second kappa shape index (κ2) is 5.28. The van der Waals surface area contributed by atoms with Crippen LogP contribution in [0.25, 0.3) is 0 Å². The summed E-state index contributed by atoms with van der Waals surface area (Å²) in [6, 6.07) is 1.93. The maximum atomic E-state index is 9.00. The van der Waals surface area contributed by atoms with Gasteiger partial charge in [-0.15, -0.1) is 0 Å². The van der Waals surface area contributed by atoms with Crippen molar-refractivity contribution >= 4 is 11.7 Å². The quantitative estimate of drug-likeness (QED) is 0.370. The lowest BCUT2D eigenvalue weighted by Crippen LogP contribution is -2.49. The van der Waals surface area contributed by atoms with E-state index in [1.165, 1.54) is 0 Å². The third-order valence-corrected chi connectivity index (χ3v) is 3.41. The molecular weight excluding hydrogens is 256 g/mol. The predicted molar refractivity (Wildman–Crippen MR) is 78.5 cm³/mol. The summed E-state index contributed by atoms with van der Waals surface area (Å²) in [5, 5.41) is 12.1. The Hall–Kier alpha value is -1.82. The number of hydrogen-bond acceptors (Lipinski definition) is 5. The molecule has 0 aromatic carbocycles. The summed E-state index contributed by atoms with van der Waals surface area (Å²) in [6.45, 7) is 10.1. The zero-order valence-electron chi connectivity index (χ0n) is 12.5. The van der Waals surface area contributed by atoms with E-state index in [1.54, 1.807) is 0 Å². The van der Waals surface area contributed by atoms with E-state index in [0.717, 1.165) is 23.6 Å². The number of rotatable bonds is 2. The third-order valence-electron chi connectivity index (χ3n) is 3.41. The molecule has 20 heavy (non-hydrogen) atoms. The Kier molecular flexibility index (Phi) is 3.85. The Bertz CT molecular complexity index is 540. The summed E-state index contributed by atoms with van der Waals surface area (Å²) in [6.07, 6.45) is 0. The number of aryl methyl sites for hydroxylation is 2. The van der Waals surface area contributed by atoms with Crippen LogP contribution in [-0.2, 0) is 4.74 Å². The van der Waals surface area contributed by atoms with Crippen LogP contribution in [0, 0.1) is 13.8 Å². The van der Waals surface area contributed by atoms with Crippen molar-refractivity contribution in [2.75, 3.05) is 24.6 Å². The van der Waals surface area contributed by atoms with Crippen molar-refractivity contribution in [2.45, 2.75) is 33.3 Å². The standard InChI is InChI=1S/C14H22N4O2/c1-9-7-10(2)16-13(11(9)12(15)17-19)18-5-6-20-14(3,4)8-18/h7,19H,5-6,8H2,1-4H3,(H2,15,17). The van der Waals surface area contributed by atoms with Gasteiger partial charge in [0.15, 0.2) is 5.84 Å². The SMILES string of the molecule is Cc1cc(C)c(/C(N)=N/O)c(N2CCOC(C)(C)C2)n1. The van der Waals surface area contributed by atoms with Gasteiger partial charge in [0.25, 0.3) is 0 Å². The minimum absolute atomic E-state index is 0.0919. The number of hydrogen-bond donors (Lipinski definition) is 2. The molecule has 0 unspecified atom stereocenters. The van der Waals surface area contributed by atoms with Crippen LogP contribution in [0.3, 0.4) is 0 Å². The predicted octanol–water partition coefficient (Wildman–Crippen LogP) is 1.41. The lowest BCUT2D eigenvalue weighted by Gasteiger charge is -2.39. The lowest BCUT2D eigenvalue weighted by molar-refractivity contribution is -0.0279. The molecule has 1 fully saturated rings. The lowest BCUT2D eigenvalue weighted by atomic mass is 10.0. The molecule has 1 aliphatic rings. The van der Waals surface area contributed by atoms with Gasteiger partial charge >= 0.3 is 0 Å². The average Bonchev–Trinajstić information content (AvgIpc) is 2.35. The van der Waals surface area contributed by atoms with E-state index in [1.807, 2.05) is 33.8 Å². The molecular formula is C14H22N4O2. The van der Waals surface area contributed by atoms with Crippen LogP contribution >= 0.6 is 0 Å². The molecule has 2 rings (SSSR count). The van der Waals surface area contributed by atoms with E-state index in [0.29, 0.717) is 18.7 Å². The minimum atomic E-state index is -0.236. The highest BCUT2D eigenvalue weighted by molar-refractivity contribution is 6.02. The molecule has 1 aromatic rings. The Morgan fingerprint density at radius 3 is 2.80 bits per heavy atom. The van der Waals surface area contributed by atoms with Gasteiger partial charge in [0.1, 0.15) is 5.82 Å². The summed E-state index contributed by atoms with van der Waals surface area (Å²) in [7, 11) is 0. The number of pyridine rings is 1. The van der Waals surface area contributed by atoms with Gasteiger partial charge in [-0.2, -0.15) is 0 Å². The number of ether oxygens (including phenoxy) is 1. The Labute approximate surface area is 119 Å². The van der Waals surface area contributed by atoms with E-state index in [9.17, 15) is 0 Å². The van der Waals surface area contributed by atoms with Crippen LogP contribution in [0.5, 0.6) is 0 Å². The normalized spacial score (nSPS) is 19.2. The fourth-order valence-electron chi connectivity index (χ4n) is 2.61. The van der Waals surface area contributed by atoms with Gasteiger partial charge < -0.3 is 20.6 Å². The van der Waals surface area contributed by atoms with Crippen molar-refractivity contribution in [3.05, 3.63) is 22.9 Å². The molecule has 0 spiro atoms. The monoisotopic (exact) mass is 278 g/mol. The maximum absolute atomic E-state index is 9.00. The molecule has 0 bridgehead atoms. The molecule has 110 valence electrons. The Morgan fingerprint density at radius 1 is 1.50 bits per heavy atom. The number of nitrogens with zero attached hydrogens (tertiary/aromatic N) is 3. The molecule has 0 atom stereocenters.